The highest BCUT2D eigenvalue weighted by Crippen LogP contribution is 2.24. The molecule has 104 valence electrons. The maximum Gasteiger partial charge on any atom is 0.253 e. The van der Waals surface area contributed by atoms with Crippen molar-refractivity contribution in [1.29, 1.82) is 0 Å². The first kappa shape index (κ1) is 13.8. The van der Waals surface area contributed by atoms with Crippen LogP contribution in [0.25, 0.3) is 0 Å². The van der Waals surface area contributed by atoms with Crippen molar-refractivity contribution in [2.45, 2.75) is 18.9 Å². The van der Waals surface area contributed by atoms with E-state index in [1.807, 2.05) is 0 Å². The predicted molar refractivity (Wildman–Crippen MR) is 73.9 cm³/mol. The molecule has 5 heteroatoms. The van der Waals surface area contributed by atoms with Gasteiger partial charge < -0.3 is 15.5 Å². The van der Waals surface area contributed by atoms with Crippen LogP contribution in [0.1, 0.15) is 23.2 Å². The van der Waals surface area contributed by atoms with E-state index in [4.69, 9.17) is 0 Å². The number of hydrogen-bond donors (Lipinski definition) is 2. The van der Waals surface area contributed by atoms with Crippen LogP contribution in [0.4, 0.5) is 10.1 Å². The van der Waals surface area contributed by atoms with Gasteiger partial charge in [-0.3, -0.25) is 4.79 Å². The molecule has 0 radical (unpaired) electrons. The number of hydrogen-bond acceptors (Lipinski definition) is 3. The van der Waals surface area contributed by atoms with Crippen molar-refractivity contribution in [3.05, 3.63) is 29.6 Å². The SMILES string of the molecule is CNc1c(F)cccc1C(=O)NCCN(C)C1CC1. The summed E-state index contributed by atoms with van der Waals surface area (Å²) in [6.45, 7) is 1.39. The number of anilines is 1. The quantitative estimate of drug-likeness (QED) is 0.822. The highest BCUT2D eigenvalue weighted by Gasteiger charge is 2.25. The lowest BCUT2D eigenvalue weighted by atomic mass is 10.1. The first-order valence-electron chi connectivity index (χ1n) is 6.58. The number of carbonyl (C=O) groups excluding carboxylic acids is 1. The average molecular weight is 265 g/mol. The molecule has 0 aromatic heterocycles. The van der Waals surface area contributed by atoms with Gasteiger partial charge in [0.05, 0.1) is 11.3 Å². The van der Waals surface area contributed by atoms with Crippen LogP contribution in [-0.4, -0.2) is 44.0 Å². The third-order valence-corrected chi connectivity index (χ3v) is 3.43. The van der Waals surface area contributed by atoms with Gasteiger partial charge in [-0.15, -0.1) is 0 Å². The van der Waals surface area contributed by atoms with Gasteiger partial charge in [-0.1, -0.05) is 6.07 Å². The Morgan fingerprint density at radius 3 is 2.84 bits per heavy atom. The molecular formula is C14H20FN3O. The molecule has 2 N–H and O–H groups in total. The van der Waals surface area contributed by atoms with Gasteiger partial charge in [0, 0.05) is 26.2 Å². The summed E-state index contributed by atoms with van der Waals surface area (Å²) in [5.41, 5.74) is 0.590. The minimum absolute atomic E-state index is 0.243. The molecule has 19 heavy (non-hydrogen) atoms. The fraction of sp³-hybridized carbons (Fsp3) is 0.500. The maximum atomic E-state index is 13.5. The van der Waals surface area contributed by atoms with Crippen molar-refractivity contribution < 1.29 is 9.18 Å². The van der Waals surface area contributed by atoms with Crippen molar-refractivity contribution in [1.82, 2.24) is 10.2 Å². The monoisotopic (exact) mass is 265 g/mol. The molecule has 0 saturated heterocycles. The fourth-order valence-electron chi connectivity index (χ4n) is 2.11. The molecule has 0 bridgehead atoms. The first-order valence-corrected chi connectivity index (χ1v) is 6.58. The molecule has 0 atom stereocenters. The largest absolute Gasteiger partial charge is 0.385 e. The van der Waals surface area contributed by atoms with Gasteiger partial charge in [0.25, 0.3) is 5.91 Å². The summed E-state index contributed by atoms with van der Waals surface area (Å²) >= 11 is 0. The van der Waals surface area contributed by atoms with E-state index >= 15 is 0 Å². The van der Waals surface area contributed by atoms with Gasteiger partial charge in [-0.05, 0) is 32.0 Å². The van der Waals surface area contributed by atoms with Crippen LogP contribution < -0.4 is 10.6 Å². The van der Waals surface area contributed by atoms with E-state index in [1.54, 1.807) is 19.2 Å². The summed E-state index contributed by atoms with van der Waals surface area (Å²) in [5.74, 6) is -0.654. The lowest BCUT2D eigenvalue weighted by molar-refractivity contribution is 0.0950. The third-order valence-electron chi connectivity index (χ3n) is 3.43. The molecule has 0 unspecified atom stereocenters. The number of para-hydroxylation sites is 1. The van der Waals surface area contributed by atoms with Gasteiger partial charge in [0.2, 0.25) is 0 Å². The van der Waals surface area contributed by atoms with E-state index in [-0.39, 0.29) is 11.6 Å². The summed E-state index contributed by atoms with van der Waals surface area (Å²) < 4.78 is 13.5. The van der Waals surface area contributed by atoms with Gasteiger partial charge in [-0.2, -0.15) is 0 Å². The standard InChI is InChI=1S/C14H20FN3O/c1-16-13-11(4-3-5-12(13)15)14(19)17-8-9-18(2)10-6-7-10/h3-5,10,16H,6-9H2,1-2H3,(H,17,19). The molecule has 2 rings (SSSR count). The molecule has 1 fully saturated rings. The second-order valence-electron chi connectivity index (χ2n) is 4.88. The van der Waals surface area contributed by atoms with Crippen LogP contribution in [0.5, 0.6) is 0 Å². The predicted octanol–water partition coefficient (Wildman–Crippen LogP) is 1.69. The molecule has 1 aromatic carbocycles. The smallest absolute Gasteiger partial charge is 0.253 e. The van der Waals surface area contributed by atoms with Crippen LogP contribution in [-0.2, 0) is 0 Å². The molecule has 0 aliphatic heterocycles. The third kappa shape index (κ3) is 3.44. The fourth-order valence-corrected chi connectivity index (χ4v) is 2.11. The summed E-state index contributed by atoms with van der Waals surface area (Å²) in [4.78, 5) is 14.2. The molecule has 1 aromatic rings. The normalized spacial score (nSPS) is 14.5. The van der Waals surface area contributed by atoms with Crippen molar-refractivity contribution in [2.24, 2.45) is 0 Å². The van der Waals surface area contributed by atoms with Crippen molar-refractivity contribution >= 4 is 11.6 Å². The molecule has 0 spiro atoms. The summed E-state index contributed by atoms with van der Waals surface area (Å²) in [6, 6.07) is 5.18. The number of benzene rings is 1. The Morgan fingerprint density at radius 1 is 1.47 bits per heavy atom. The Hall–Kier alpha value is -1.62. The first-order chi connectivity index (χ1) is 9.13. The number of likely N-dealkylation sites (N-methyl/N-ethyl adjacent to an activating group) is 1. The zero-order valence-corrected chi connectivity index (χ0v) is 11.4. The minimum atomic E-state index is -0.412. The lowest BCUT2D eigenvalue weighted by Crippen LogP contribution is -2.34. The van der Waals surface area contributed by atoms with Crippen LogP contribution in [0.2, 0.25) is 0 Å². The van der Waals surface area contributed by atoms with Crippen molar-refractivity contribution in [3.8, 4) is 0 Å². The topological polar surface area (TPSA) is 44.4 Å². The molecule has 4 nitrogen and oxygen atoms in total. The second-order valence-corrected chi connectivity index (χ2v) is 4.88. The molecule has 1 amide bonds. The maximum absolute atomic E-state index is 13.5. The highest BCUT2D eigenvalue weighted by molar-refractivity contribution is 5.99. The van der Waals surface area contributed by atoms with Crippen LogP contribution in [0.15, 0.2) is 18.2 Å². The second kappa shape index (κ2) is 6.02. The summed E-state index contributed by atoms with van der Waals surface area (Å²) in [7, 11) is 3.67. The number of nitrogens with one attached hydrogen (secondary N) is 2. The zero-order chi connectivity index (χ0) is 13.8. The Labute approximate surface area is 113 Å². The van der Waals surface area contributed by atoms with Crippen LogP contribution in [0.3, 0.4) is 0 Å². The van der Waals surface area contributed by atoms with E-state index in [0.29, 0.717) is 18.2 Å². The lowest BCUT2D eigenvalue weighted by Gasteiger charge is -2.16. The van der Waals surface area contributed by atoms with E-state index in [2.05, 4.69) is 22.6 Å². The Morgan fingerprint density at radius 2 is 2.21 bits per heavy atom. The molecular weight excluding hydrogens is 245 g/mol. The number of amides is 1. The van der Waals surface area contributed by atoms with E-state index in [9.17, 15) is 9.18 Å². The van der Waals surface area contributed by atoms with Crippen molar-refractivity contribution in [3.63, 3.8) is 0 Å². The minimum Gasteiger partial charge on any atom is -0.385 e. The average Bonchev–Trinajstić information content (AvgIpc) is 3.22. The van der Waals surface area contributed by atoms with Crippen molar-refractivity contribution in [2.75, 3.05) is 32.5 Å². The number of halogens is 1. The zero-order valence-electron chi connectivity index (χ0n) is 11.4. The van der Waals surface area contributed by atoms with Gasteiger partial charge >= 0.3 is 0 Å². The summed E-state index contributed by atoms with van der Waals surface area (Å²) in [6.07, 6.45) is 2.50. The number of rotatable bonds is 6. The molecule has 0 heterocycles. The Balaban J connectivity index is 1.90. The highest BCUT2D eigenvalue weighted by atomic mass is 19.1. The van der Waals surface area contributed by atoms with Gasteiger partial charge in [0.15, 0.2) is 0 Å². The van der Waals surface area contributed by atoms with E-state index in [0.717, 1.165) is 6.54 Å². The van der Waals surface area contributed by atoms with Crippen LogP contribution >= 0.6 is 0 Å². The Kier molecular flexibility index (Phi) is 4.37. The molecule has 1 aliphatic rings. The summed E-state index contributed by atoms with van der Waals surface area (Å²) in [5, 5.41) is 5.55. The van der Waals surface area contributed by atoms with E-state index in [1.165, 1.54) is 18.9 Å². The van der Waals surface area contributed by atoms with Gasteiger partial charge in [-0.25, -0.2) is 4.39 Å². The molecule has 1 saturated carbocycles. The molecule has 1 aliphatic carbocycles. The Bertz CT molecular complexity index is 460. The van der Waals surface area contributed by atoms with Crippen LogP contribution in [0, 0.1) is 5.82 Å². The number of carbonyl (C=O) groups is 1. The number of nitrogens with zero attached hydrogens (tertiary/aromatic N) is 1. The van der Waals surface area contributed by atoms with Gasteiger partial charge in [0.1, 0.15) is 5.82 Å². The van der Waals surface area contributed by atoms with E-state index < -0.39 is 5.82 Å².